The molecule has 0 saturated carbocycles. The second kappa shape index (κ2) is 5.73. The van der Waals surface area contributed by atoms with Gasteiger partial charge >= 0.3 is 6.09 Å². The summed E-state index contributed by atoms with van der Waals surface area (Å²) in [7, 11) is 0. The van der Waals surface area contributed by atoms with E-state index in [2.05, 4.69) is 5.10 Å². The molecule has 20 heavy (non-hydrogen) atoms. The summed E-state index contributed by atoms with van der Waals surface area (Å²) in [6.07, 6.45) is 3.75. The van der Waals surface area contributed by atoms with Crippen LogP contribution in [0.3, 0.4) is 0 Å². The Bertz CT molecular complexity index is 464. The van der Waals surface area contributed by atoms with Crippen molar-refractivity contribution in [3.05, 3.63) is 12.3 Å². The Hall–Kier alpha value is -1.72. The van der Waals surface area contributed by atoms with Gasteiger partial charge in [-0.25, -0.2) is 4.79 Å². The lowest BCUT2D eigenvalue weighted by molar-refractivity contribution is 0.0155. The molecular weight excluding hydrogens is 256 g/mol. The van der Waals surface area contributed by atoms with E-state index in [4.69, 9.17) is 10.5 Å². The fourth-order valence-corrected chi connectivity index (χ4v) is 2.45. The highest BCUT2D eigenvalue weighted by Crippen LogP contribution is 2.20. The van der Waals surface area contributed by atoms with Gasteiger partial charge in [0, 0.05) is 25.8 Å². The molecule has 1 aliphatic rings. The molecule has 1 atom stereocenters. The molecule has 1 saturated heterocycles. The first kappa shape index (κ1) is 14.7. The zero-order valence-corrected chi connectivity index (χ0v) is 12.5. The lowest BCUT2D eigenvalue weighted by Crippen LogP contribution is -2.43. The van der Waals surface area contributed by atoms with Crippen LogP contribution in [0.2, 0.25) is 0 Å². The Balaban J connectivity index is 1.90. The number of carbonyl (C=O) groups is 1. The van der Waals surface area contributed by atoms with Crippen molar-refractivity contribution in [2.45, 2.75) is 45.8 Å². The van der Waals surface area contributed by atoms with Gasteiger partial charge < -0.3 is 15.4 Å². The summed E-state index contributed by atoms with van der Waals surface area (Å²) in [6.45, 7) is 7.94. The number of likely N-dealkylation sites (tertiary alicyclic amines) is 1. The highest BCUT2D eigenvalue weighted by Gasteiger charge is 2.27. The van der Waals surface area contributed by atoms with Crippen molar-refractivity contribution in [1.82, 2.24) is 14.7 Å². The zero-order valence-electron chi connectivity index (χ0n) is 12.5. The number of piperidine rings is 1. The van der Waals surface area contributed by atoms with E-state index >= 15 is 0 Å². The maximum Gasteiger partial charge on any atom is 0.410 e. The van der Waals surface area contributed by atoms with Gasteiger partial charge in [0.2, 0.25) is 0 Å². The number of amides is 1. The van der Waals surface area contributed by atoms with Crippen molar-refractivity contribution in [3.8, 4) is 0 Å². The van der Waals surface area contributed by atoms with Crippen molar-refractivity contribution < 1.29 is 9.53 Å². The summed E-state index contributed by atoms with van der Waals surface area (Å²) < 4.78 is 7.27. The van der Waals surface area contributed by atoms with E-state index in [1.807, 2.05) is 31.6 Å². The summed E-state index contributed by atoms with van der Waals surface area (Å²) in [5.41, 5.74) is 5.17. The molecule has 112 valence electrons. The molecular formula is C14H24N4O2. The quantitative estimate of drug-likeness (QED) is 0.900. The third-order valence-corrected chi connectivity index (χ3v) is 3.28. The first-order valence-corrected chi connectivity index (χ1v) is 7.10. The molecule has 1 fully saturated rings. The van der Waals surface area contributed by atoms with Gasteiger partial charge in [0.1, 0.15) is 11.4 Å². The van der Waals surface area contributed by atoms with Gasteiger partial charge in [-0.1, -0.05) is 0 Å². The number of hydrogen-bond acceptors (Lipinski definition) is 4. The summed E-state index contributed by atoms with van der Waals surface area (Å²) in [6, 6.07) is 1.79. The third-order valence-electron chi connectivity index (χ3n) is 3.28. The van der Waals surface area contributed by atoms with Crippen LogP contribution >= 0.6 is 0 Å². The molecule has 2 heterocycles. The lowest BCUT2D eigenvalue weighted by Gasteiger charge is -2.34. The summed E-state index contributed by atoms with van der Waals surface area (Å²) in [5, 5.41) is 4.19. The van der Waals surface area contributed by atoms with Gasteiger partial charge in [0.25, 0.3) is 0 Å². The van der Waals surface area contributed by atoms with Gasteiger partial charge in [-0.15, -0.1) is 0 Å². The Morgan fingerprint density at radius 1 is 1.55 bits per heavy atom. The van der Waals surface area contributed by atoms with E-state index < -0.39 is 5.60 Å². The van der Waals surface area contributed by atoms with E-state index in [1.54, 1.807) is 11.0 Å². The molecule has 0 spiro atoms. The number of anilines is 1. The number of nitrogens with zero attached hydrogens (tertiary/aromatic N) is 3. The van der Waals surface area contributed by atoms with Crippen molar-refractivity contribution in [1.29, 1.82) is 0 Å². The van der Waals surface area contributed by atoms with Crippen LogP contribution in [-0.2, 0) is 11.3 Å². The fourth-order valence-electron chi connectivity index (χ4n) is 2.45. The molecule has 2 N–H and O–H groups in total. The van der Waals surface area contributed by atoms with Crippen molar-refractivity contribution in [3.63, 3.8) is 0 Å². The average Bonchev–Trinajstić information content (AvgIpc) is 2.73. The normalized spacial score (nSPS) is 19.9. The monoisotopic (exact) mass is 280 g/mol. The van der Waals surface area contributed by atoms with Crippen LogP contribution in [0.15, 0.2) is 12.3 Å². The summed E-state index contributed by atoms with van der Waals surface area (Å²) in [5.74, 6) is 0.931. The minimum absolute atomic E-state index is 0.220. The number of aromatic nitrogens is 2. The highest BCUT2D eigenvalue weighted by atomic mass is 16.6. The van der Waals surface area contributed by atoms with Crippen LogP contribution in [0.25, 0.3) is 0 Å². The lowest BCUT2D eigenvalue weighted by atomic mass is 9.98. The molecule has 0 bridgehead atoms. The van der Waals surface area contributed by atoms with Gasteiger partial charge in [-0.05, 0) is 45.6 Å². The van der Waals surface area contributed by atoms with Crippen LogP contribution in [0, 0.1) is 5.92 Å². The molecule has 1 aromatic heterocycles. The largest absolute Gasteiger partial charge is 0.444 e. The molecule has 1 aromatic rings. The molecule has 1 aliphatic heterocycles. The molecule has 6 heteroatoms. The minimum atomic E-state index is -0.444. The molecule has 1 amide bonds. The van der Waals surface area contributed by atoms with Gasteiger partial charge in [-0.2, -0.15) is 5.10 Å². The van der Waals surface area contributed by atoms with Crippen molar-refractivity contribution >= 4 is 11.9 Å². The Labute approximate surface area is 119 Å². The van der Waals surface area contributed by atoms with Gasteiger partial charge in [0.05, 0.1) is 0 Å². The molecule has 6 nitrogen and oxygen atoms in total. The van der Waals surface area contributed by atoms with Crippen LogP contribution in [0.1, 0.15) is 33.6 Å². The maximum atomic E-state index is 12.1. The molecule has 0 radical (unpaired) electrons. The Kier molecular flexibility index (Phi) is 4.20. The summed E-state index contributed by atoms with van der Waals surface area (Å²) in [4.78, 5) is 13.9. The van der Waals surface area contributed by atoms with Crippen LogP contribution in [0.5, 0.6) is 0 Å². The summed E-state index contributed by atoms with van der Waals surface area (Å²) >= 11 is 0. The van der Waals surface area contributed by atoms with Crippen molar-refractivity contribution in [2.24, 2.45) is 5.92 Å². The van der Waals surface area contributed by atoms with E-state index in [9.17, 15) is 4.79 Å². The third kappa shape index (κ3) is 4.15. The number of rotatable bonds is 2. The van der Waals surface area contributed by atoms with Crippen LogP contribution in [0.4, 0.5) is 10.6 Å². The first-order valence-electron chi connectivity index (χ1n) is 7.10. The van der Waals surface area contributed by atoms with E-state index in [0.29, 0.717) is 18.3 Å². The number of nitrogen functional groups attached to an aromatic ring is 1. The van der Waals surface area contributed by atoms with Gasteiger partial charge in [-0.3, -0.25) is 4.68 Å². The van der Waals surface area contributed by atoms with Gasteiger partial charge in [0.15, 0.2) is 0 Å². The standard InChI is InChI=1S/C14H24N4O2/c1-14(2,3)20-13(19)17-7-4-5-11(9-17)10-18-8-6-12(15)16-18/h6,8,11H,4-5,7,9-10H2,1-3H3,(H2,15,16). The minimum Gasteiger partial charge on any atom is -0.444 e. The predicted molar refractivity (Wildman–Crippen MR) is 77.2 cm³/mol. The second-order valence-corrected chi connectivity index (χ2v) is 6.40. The Morgan fingerprint density at radius 2 is 2.30 bits per heavy atom. The Morgan fingerprint density at radius 3 is 2.90 bits per heavy atom. The smallest absolute Gasteiger partial charge is 0.410 e. The predicted octanol–water partition coefficient (Wildman–Crippen LogP) is 2.11. The topological polar surface area (TPSA) is 73.4 Å². The van der Waals surface area contributed by atoms with E-state index in [-0.39, 0.29) is 6.09 Å². The van der Waals surface area contributed by atoms with Crippen molar-refractivity contribution in [2.75, 3.05) is 18.8 Å². The zero-order chi connectivity index (χ0) is 14.8. The molecule has 2 rings (SSSR count). The number of carbonyl (C=O) groups excluding carboxylic acids is 1. The molecule has 1 unspecified atom stereocenters. The van der Waals surface area contributed by atoms with Crippen LogP contribution < -0.4 is 5.73 Å². The van der Waals surface area contributed by atoms with Crippen LogP contribution in [-0.4, -0.2) is 39.5 Å². The van der Waals surface area contributed by atoms with E-state index in [1.165, 1.54) is 0 Å². The average molecular weight is 280 g/mol. The molecule has 0 aliphatic carbocycles. The number of ether oxygens (including phenoxy) is 1. The number of nitrogens with two attached hydrogens (primary N) is 1. The van der Waals surface area contributed by atoms with E-state index in [0.717, 1.165) is 25.9 Å². The maximum absolute atomic E-state index is 12.1. The first-order chi connectivity index (χ1) is 9.33. The highest BCUT2D eigenvalue weighted by molar-refractivity contribution is 5.68. The SMILES string of the molecule is CC(C)(C)OC(=O)N1CCCC(Cn2ccc(N)n2)C1. The second-order valence-electron chi connectivity index (χ2n) is 6.40. The fraction of sp³-hybridized carbons (Fsp3) is 0.714. The number of hydrogen-bond donors (Lipinski definition) is 1. The molecule has 0 aromatic carbocycles.